The van der Waals surface area contributed by atoms with E-state index in [1.54, 1.807) is 18.4 Å². The Labute approximate surface area is 89.3 Å². The minimum atomic E-state index is 0.400. The van der Waals surface area contributed by atoms with Crippen molar-refractivity contribution < 1.29 is 4.74 Å². The molecule has 0 aliphatic heterocycles. The van der Waals surface area contributed by atoms with Gasteiger partial charge in [-0.3, -0.25) is 0 Å². The van der Waals surface area contributed by atoms with E-state index in [-0.39, 0.29) is 0 Å². The van der Waals surface area contributed by atoms with Crippen molar-refractivity contribution in [1.29, 1.82) is 0 Å². The summed E-state index contributed by atoms with van der Waals surface area (Å²) in [5.41, 5.74) is 0.400. The van der Waals surface area contributed by atoms with Crippen LogP contribution >= 0.6 is 11.3 Å². The van der Waals surface area contributed by atoms with Gasteiger partial charge >= 0.3 is 0 Å². The lowest BCUT2D eigenvalue weighted by atomic mass is 9.78. The van der Waals surface area contributed by atoms with Crippen LogP contribution in [0.4, 0.5) is 0 Å². The highest BCUT2D eigenvalue weighted by molar-refractivity contribution is 7.13. The SMILES string of the molecule is COc1ccc(CNC2(C)CCC2)s1. The van der Waals surface area contributed by atoms with E-state index in [1.807, 2.05) is 6.07 Å². The summed E-state index contributed by atoms with van der Waals surface area (Å²) in [5.74, 6) is 0. The number of thiophene rings is 1. The van der Waals surface area contributed by atoms with Crippen molar-refractivity contribution >= 4 is 11.3 Å². The van der Waals surface area contributed by atoms with Gasteiger partial charge in [-0.05, 0) is 38.3 Å². The fourth-order valence-electron chi connectivity index (χ4n) is 1.75. The quantitative estimate of drug-likeness (QED) is 0.827. The number of methoxy groups -OCH3 is 1. The molecule has 0 amide bonds. The van der Waals surface area contributed by atoms with E-state index in [0.29, 0.717) is 5.54 Å². The van der Waals surface area contributed by atoms with Gasteiger partial charge in [-0.1, -0.05) is 0 Å². The first-order valence-corrected chi connectivity index (χ1v) is 5.91. The highest BCUT2D eigenvalue weighted by Crippen LogP contribution is 2.32. The minimum Gasteiger partial charge on any atom is -0.487 e. The van der Waals surface area contributed by atoms with Crippen molar-refractivity contribution in [2.45, 2.75) is 38.3 Å². The number of ether oxygens (including phenoxy) is 1. The van der Waals surface area contributed by atoms with E-state index in [0.717, 1.165) is 11.6 Å². The predicted molar refractivity (Wildman–Crippen MR) is 60.0 cm³/mol. The molecule has 0 radical (unpaired) electrons. The minimum absolute atomic E-state index is 0.400. The Hall–Kier alpha value is -0.540. The Morgan fingerprint density at radius 1 is 1.50 bits per heavy atom. The normalized spacial score (nSPS) is 19.0. The highest BCUT2D eigenvalue weighted by Gasteiger charge is 2.30. The number of rotatable bonds is 4. The molecular formula is C11H17NOS. The summed E-state index contributed by atoms with van der Waals surface area (Å²) in [6.45, 7) is 3.28. The van der Waals surface area contributed by atoms with E-state index < -0.39 is 0 Å². The second-order valence-corrected chi connectivity index (χ2v) is 5.32. The second kappa shape index (κ2) is 3.91. The average molecular weight is 211 g/mol. The lowest BCUT2D eigenvalue weighted by Gasteiger charge is -2.39. The molecule has 2 rings (SSSR count). The van der Waals surface area contributed by atoms with Gasteiger partial charge in [0.15, 0.2) is 5.06 Å². The molecule has 0 saturated heterocycles. The fraction of sp³-hybridized carbons (Fsp3) is 0.636. The standard InChI is InChI=1S/C11H17NOS/c1-11(6-3-7-11)12-8-9-4-5-10(13-2)14-9/h4-5,12H,3,6-8H2,1-2H3. The summed E-state index contributed by atoms with van der Waals surface area (Å²) in [6, 6.07) is 4.17. The first-order chi connectivity index (χ1) is 6.72. The van der Waals surface area contributed by atoms with E-state index in [4.69, 9.17) is 4.74 Å². The summed E-state index contributed by atoms with van der Waals surface area (Å²) in [5, 5.41) is 4.60. The van der Waals surface area contributed by atoms with Crippen LogP contribution in [-0.2, 0) is 6.54 Å². The number of hydrogen-bond donors (Lipinski definition) is 1. The Bertz CT molecular complexity index is 304. The average Bonchev–Trinajstić information content (AvgIpc) is 2.59. The van der Waals surface area contributed by atoms with Crippen LogP contribution in [0.15, 0.2) is 12.1 Å². The Morgan fingerprint density at radius 2 is 2.29 bits per heavy atom. The van der Waals surface area contributed by atoms with Crippen LogP contribution in [0.5, 0.6) is 5.06 Å². The molecule has 1 saturated carbocycles. The number of hydrogen-bond acceptors (Lipinski definition) is 3. The van der Waals surface area contributed by atoms with Gasteiger partial charge in [0.25, 0.3) is 0 Å². The van der Waals surface area contributed by atoms with Gasteiger partial charge in [0.1, 0.15) is 0 Å². The molecule has 1 aliphatic rings. The molecule has 1 N–H and O–H groups in total. The Morgan fingerprint density at radius 3 is 2.79 bits per heavy atom. The van der Waals surface area contributed by atoms with Crippen LogP contribution in [-0.4, -0.2) is 12.6 Å². The zero-order chi connectivity index (χ0) is 10.0. The summed E-state index contributed by atoms with van der Waals surface area (Å²) < 4.78 is 5.16. The molecule has 0 spiro atoms. The van der Waals surface area contributed by atoms with Crippen molar-refractivity contribution in [3.63, 3.8) is 0 Å². The fourth-order valence-corrected chi connectivity index (χ4v) is 2.51. The van der Waals surface area contributed by atoms with Crippen molar-refractivity contribution in [2.24, 2.45) is 0 Å². The lowest BCUT2D eigenvalue weighted by molar-refractivity contribution is 0.207. The molecule has 78 valence electrons. The van der Waals surface area contributed by atoms with Gasteiger partial charge in [-0.25, -0.2) is 0 Å². The molecule has 0 atom stereocenters. The largest absolute Gasteiger partial charge is 0.487 e. The van der Waals surface area contributed by atoms with Gasteiger partial charge in [0, 0.05) is 17.0 Å². The van der Waals surface area contributed by atoms with E-state index in [2.05, 4.69) is 18.3 Å². The van der Waals surface area contributed by atoms with Crippen LogP contribution in [0.3, 0.4) is 0 Å². The zero-order valence-corrected chi connectivity index (χ0v) is 9.62. The van der Waals surface area contributed by atoms with Gasteiger partial charge in [0.05, 0.1) is 7.11 Å². The maximum absolute atomic E-state index is 5.16. The maximum Gasteiger partial charge on any atom is 0.173 e. The van der Waals surface area contributed by atoms with Gasteiger partial charge in [0.2, 0.25) is 0 Å². The molecule has 1 aromatic heterocycles. The van der Waals surface area contributed by atoms with Crippen molar-refractivity contribution in [3.8, 4) is 5.06 Å². The van der Waals surface area contributed by atoms with E-state index >= 15 is 0 Å². The molecular weight excluding hydrogens is 194 g/mol. The third-order valence-electron chi connectivity index (χ3n) is 2.98. The Balaban J connectivity index is 1.85. The molecule has 2 nitrogen and oxygen atoms in total. The monoisotopic (exact) mass is 211 g/mol. The van der Waals surface area contributed by atoms with E-state index in [1.165, 1.54) is 24.1 Å². The third kappa shape index (κ3) is 2.10. The molecule has 3 heteroatoms. The van der Waals surface area contributed by atoms with Crippen molar-refractivity contribution in [2.75, 3.05) is 7.11 Å². The smallest absolute Gasteiger partial charge is 0.173 e. The third-order valence-corrected chi connectivity index (χ3v) is 4.03. The molecule has 1 aromatic rings. The second-order valence-electron chi connectivity index (χ2n) is 4.19. The van der Waals surface area contributed by atoms with E-state index in [9.17, 15) is 0 Å². The molecule has 0 unspecified atom stereocenters. The molecule has 0 aromatic carbocycles. The first kappa shape index (κ1) is 9.99. The van der Waals surface area contributed by atoms with Gasteiger partial charge in [-0.15, -0.1) is 11.3 Å². The first-order valence-electron chi connectivity index (χ1n) is 5.10. The molecule has 0 bridgehead atoms. The maximum atomic E-state index is 5.16. The highest BCUT2D eigenvalue weighted by atomic mass is 32.1. The molecule has 1 fully saturated rings. The molecule has 1 heterocycles. The topological polar surface area (TPSA) is 21.3 Å². The Kier molecular flexibility index (Phi) is 2.79. The summed E-state index contributed by atoms with van der Waals surface area (Å²) >= 11 is 1.72. The van der Waals surface area contributed by atoms with Crippen LogP contribution < -0.4 is 10.1 Å². The molecule has 14 heavy (non-hydrogen) atoms. The summed E-state index contributed by atoms with van der Waals surface area (Å²) in [4.78, 5) is 1.36. The van der Waals surface area contributed by atoms with Crippen LogP contribution in [0.2, 0.25) is 0 Å². The molecule has 1 aliphatic carbocycles. The van der Waals surface area contributed by atoms with Crippen LogP contribution in [0.1, 0.15) is 31.1 Å². The summed E-state index contributed by atoms with van der Waals surface area (Å²) in [7, 11) is 1.72. The number of nitrogens with one attached hydrogen (secondary N) is 1. The lowest BCUT2D eigenvalue weighted by Crippen LogP contribution is -2.47. The zero-order valence-electron chi connectivity index (χ0n) is 8.80. The predicted octanol–water partition coefficient (Wildman–Crippen LogP) is 2.79. The van der Waals surface area contributed by atoms with Crippen LogP contribution in [0.25, 0.3) is 0 Å². The summed E-state index contributed by atoms with van der Waals surface area (Å²) in [6.07, 6.45) is 4.00. The van der Waals surface area contributed by atoms with Crippen molar-refractivity contribution in [3.05, 3.63) is 17.0 Å². The van der Waals surface area contributed by atoms with Gasteiger partial charge < -0.3 is 10.1 Å². The van der Waals surface area contributed by atoms with Crippen LogP contribution in [0, 0.1) is 0 Å². The van der Waals surface area contributed by atoms with Crippen molar-refractivity contribution in [1.82, 2.24) is 5.32 Å². The van der Waals surface area contributed by atoms with Gasteiger partial charge in [-0.2, -0.15) is 0 Å².